The Kier molecular flexibility index (Phi) is 5.41. The van der Waals surface area contributed by atoms with E-state index in [4.69, 9.17) is 0 Å². The van der Waals surface area contributed by atoms with Crippen LogP contribution in [0.4, 0.5) is 26.3 Å². The lowest BCUT2D eigenvalue weighted by Gasteiger charge is -2.15. The summed E-state index contributed by atoms with van der Waals surface area (Å²) in [6.45, 7) is 0. The second-order valence-corrected chi connectivity index (χ2v) is 6.79. The zero-order valence-corrected chi connectivity index (χ0v) is 16.2. The van der Waals surface area contributed by atoms with E-state index in [1.54, 1.807) is 30.5 Å². The average molecular weight is 448 g/mol. The van der Waals surface area contributed by atoms with Crippen LogP contribution in [0.5, 0.6) is 5.75 Å². The Hall–Kier alpha value is -3.75. The molecule has 0 aliphatic rings. The van der Waals surface area contributed by atoms with Crippen molar-refractivity contribution in [3.8, 4) is 34.0 Å². The van der Waals surface area contributed by atoms with Gasteiger partial charge in [0.2, 0.25) is 0 Å². The normalized spacial score (nSPS) is 12.1. The molecule has 0 amide bonds. The summed E-state index contributed by atoms with van der Waals surface area (Å²) in [5.74, 6) is -0.234. The number of aromatic nitrogens is 2. The van der Waals surface area contributed by atoms with Crippen LogP contribution in [0.2, 0.25) is 0 Å². The van der Waals surface area contributed by atoms with Crippen molar-refractivity contribution in [2.24, 2.45) is 0 Å². The van der Waals surface area contributed by atoms with Gasteiger partial charge < -0.3 is 4.74 Å². The van der Waals surface area contributed by atoms with Gasteiger partial charge in [0.05, 0.1) is 5.56 Å². The predicted molar refractivity (Wildman–Crippen MR) is 106 cm³/mol. The lowest BCUT2D eigenvalue weighted by atomic mass is 10.0. The quantitative estimate of drug-likeness (QED) is 0.311. The Morgan fingerprint density at radius 2 is 1.47 bits per heavy atom. The zero-order chi connectivity index (χ0) is 22.9. The van der Waals surface area contributed by atoms with E-state index in [0.29, 0.717) is 16.8 Å². The van der Waals surface area contributed by atoms with E-state index in [9.17, 15) is 26.3 Å². The Morgan fingerprint density at radius 3 is 2.16 bits per heavy atom. The zero-order valence-electron chi connectivity index (χ0n) is 16.2. The summed E-state index contributed by atoms with van der Waals surface area (Å²) in [6, 6.07) is 17.3. The molecular formula is C23H14F6N2O. The van der Waals surface area contributed by atoms with Crippen molar-refractivity contribution in [2.45, 2.75) is 12.5 Å². The van der Waals surface area contributed by atoms with E-state index in [0.717, 1.165) is 6.07 Å². The van der Waals surface area contributed by atoms with Gasteiger partial charge in [0, 0.05) is 23.6 Å². The molecule has 0 saturated heterocycles. The molecule has 3 nitrogen and oxygen atoms in total. The number of alkyl halides is 6. The summed E-state index contributed by atoms with van der Waals surface area (Å²) >= 11 is 0. The second kappa shape index (κ2) is 8.07. The average Bonchev–Trinajstić information content (AvgIpc) is 3.22. The van der Waals surface area contributed by atoms with Crippen LogP contribution in [-0.4, -0.2) is 15.9 Å². The predicted octanol–water partition coefficient (Wildman–Crippen LogP) is 7.12. The van der Waals surface area contributed by atoms with Gasteiger partial charge in [-0.25, -0.2) is 4.98 Å². The van der Waals surface area contributed by atoms with Gasteiger partial charge in [-0.2, -0.15) is 13.2 Å². The molecule has 0 saturated carbocycles. The van der Waals surface area contributed by atoms with Crippen molar-refractivity contribution in [3.05, 3.63) is 90.8 Å². The minimum Gasteiger partial charge on any atom is -0.406 e. The summed E-state index contributed by atoms with van der Waals surface area (Å²) in [6.07, 6.45) is -6.39. The highest BCUT2D eigenvalue weighted by Gasteiger charge is 2.34. The van der Waals surface area contributed by atoms with Gasteiger partial charge >= 0.3 is 12.5 Å². The van der Waals surface area contributed by atoms with Crippen molar-refractivity contribution in [1.29, 1.82) is 0 Å². The van der Waals surface area contributed by atoms with Crippen LogP contribution in [0, 0.1) is 0 Å². The van der Waals surface area contributed by atoms with Gasteiger partial charge in [0.1, 0.15) is 11.6 Å². The summed E-state index contributed by atoms with van der Waals surface area (Å²) in [7, 11) is 0. The van der Waals surface area contributed by atoms with E-state index in [2.05, 4.69) is 9.72 Å². The van der Waals surface area contributed by atoms with Crippen LogP contribution < -0.4 is 4.74 Å². The molecule has 4 rings (SSSR count). The monoisotopic (exact) mass is 448 g/mol. The second-order valence-electron chi connectivity index (χ2n) is 6.79. The third kappa shape index (κ3) is 4.61. The molecule has 0 spiro atoms. The Morgan fingerprint density at radius 1 is 0.750 bits per heavy atom. The maximum absolute atomic E-state index is 13.5. The standard InChI is InChI=1S/C23H14F6N2O/c24-22(25,26)20-7-2-1-6-19(20)21-30-12-13-31(21)17-5-3-4-16(14-17)15-8-10-18(11-9-15)32-23(27,28)29/h1-14H. The first-order valence-electron chi connectivity index (χ1n) is 9.28. The van der Waals surface area contributed by atoms with Gasteiger partial charge in [-0.15, -0.1) is 13.2 Å². The number of imidazole rings is 1. The third-order valence-corrected chi connectivity index (χ3v) is 4.66. The molecule has 0 N–H and O–H groups in total. The fourth-order valence-electron chi connectivity index (χ4n) is 3.32. The molecule has 0 bridgehead atoms. The number of hydrogen-bond donors (Lipinski definition) is 0. The number of halogens is 6. The van der Waals surface area contributed by atoms with Crippen molar-refractivity contribution in [2.75, 3.05) is 0 Å². The van der Waals surface area contributed by atoms with Crippen LogP contribution in [0.3, 0.4) is 0 Å². The van der Waals surface area contributed by atoms with Gasteiger partial charge in [0.25, 0.3) is 0 Å². The van der Waals surface area contributed by atoms with E-state index in [1.807, 2.05) is 0 Å². The number of benzene rings is 3. The fraction of sp³-hybridized carbons (Fsp3) is 0.0870. The van der Waals surface area contributed by atoms with E-state index < -0.39 is 18.1 Å². The topological polar surface area (TPSA) is 27.1 Å². The van der Waals surface area contributed by atoms with Gasteiger partial charge in [-0.1, -0.05) is 42.5 Å². The summed E-state index contributed by atoms with van der Waals surface area (Å²) in [4.78, 5) is 4.12. The summed E-state index contributed by atoms with van der Waals surface area (Å²) in [5, 5.41) is 0. The van der Waals surface area contributed by atoms with Crippen molar-refractivity contribution < 1.29 is 31.1 Å². The molecular weight excluding hydrogens is 434 g/mol. The number of ether oxygens (including phenoxy) is 1. The summed E-state index contributed by atoms with van der Waals surface area (Å²) in [5.41, 5.74) is 0.944. The highest BCUT2D eigenvalue weighted by atomic mass is 19.4. The number of rotatable bonds is 4. The Balaban J connectivity index is 1.71. The molecule has 0 fully saturated rings. The molecule has 1 heterocycles. The van der Waals surface area contributed by atoms with Gasteiger partial charge in [-0.3, -0.25) is 4.57 Å². The first-order chi connectivity index (χ1) is 15.1. The summed E-state index contributed by atoms with van der Waals surface area (Å²) < 4.78 is 82.9. The molecule has 1 aromatic heterocycles. The van der Waals surface area contributed by atoms with Crippen LogP contribution in [-0.2, 0) is 6.18 Å². The SMILES string of the molecule is FC(F)(F)Oc1ccc(-c2cccc(-n3ccnc3-c3ccccc3C(F)(F)F)c2)cc1. The molecule has 9 heteroatoms. The van der Waals surface area contributed by atoms with Crippen LogP contribution in [0.15, 0.2) is 85.2 Å². The molecule has 0 aliphatic carbocycles. The highest BCUT2D eigenvalue weighted by Crippen LogP contribution is 2.37. The Bertz CT molecular complexity index is 1230. The van der Waals surface area contributed by atoms with Gasteiger partial charge in [-0.05, 0) is 41.5 Å². The largest absolute Gasteiger partial charge is 0.573 e. The molecule has 0 unspecified atom stereocenters. The van der Waals surface area contributed by atoms with E-state index in [-0.39, 0.29) is 17.1 Å². The molecule has 4 aromatic rings. The molecule has 0 radical (unpaired) electrons. The van der Waals surface area contributed by atoms with Gasteiger partial charge in [0.15, 0.2) is 0 Å². The minimum atomic E-state index is -4.79. The number of nitrogens with zero attached hydrogens (tertiary/aromatic N) is 2. The van der Waals surface area contributed by atoms with Crippen molar-refractivity contribution in [1.82, 2.24) is 9.55 Å². The molecule has 0 atom stereocenters. The molecule has 164 valence electrons. The Labute approximate surface area is 178 Å². The van der Waals surface area contributed by atoms with Crippen LogP contribution in [0.1, 0.15) is 5.56 Å². The van der Waals surface area contributed by atoms with Crippen molar-refractivity contribution in [3.63, 3.8) is 0 Å². The maximum atomic E-state index is 13.5. The first kappa shape index (κ1) is 21.5. The van der Waals surface area contributed by atoms with Crippen molar-refractivity contribution >= 4 is 0 Å². The van der Waals surface area contributed by atoms with Crippen LogP contribution in [0.25, 0.3) is 28.2 Å². The third-order valence-electron chi connectivity index (χ3n) is 4.66. The highest BCUT2D eigenvalue weighted by molar-refractivity contribution is 5.69. The first-order valence-corrected chi connectivity index (χ1v) is 9.28. The number of hydrogen-bond acceptors (Lipinski definition) is 2. The lowest BCUT2D eigenvalue weighted by Crippen LogP contribution is -2.16. The molecule has 32 heavy (non-hydrogen) atoms. The fourth-order valence-corrected chi connectivity index (χ4v) is 3.32. The minimum absolute atomic E-state index is 0.0657. The molecule has 3 aromatic carbocycles. The van der Waals surface area contributed by atoms with E-state index in [1.165, 1.54) is 53.2 Å². The lowest BCUT2D eigenvalue weighted by molar-refractivity contribution is -0.274. The smallest absolute Gasteiger partial charge is 0.406 e. The van der Waals surface area contributed by atoms with Crippen LogP contribution >= 0.6 is 0 Å². The molecule has 0 aliphatic heterocycles. The maximum Gasteiger partial charge on any atom is 0.573 e. The van der Waals surface area contributed by atoms with E-state index >= 15 is 0 Å².